The van der Waals surface area contributed by atoms with Crippen LogP contribution in [-0.4, -0.2) is 57.3 Å². The molecule has 0 aliphatic carbocycles. The number of nitrogens with zero attached hydrogens (tertiary/aromatic N) is 5. The molecule has 9 nitrogen and oxygen atoms in total. The molecule has 1 aliphatic heterocycles. The van der Waals surface area contributed by atoms with Gasteiger partial charge in [-0.25, -0.2) is 9.18 Å². The third kappa shape index (κ3) is 5.03. The smallest absolute Gasteiger partial charge is 0.361 e. The summed E-state index contributed by atoms with van der Waals surface area (Å²) in [6.07, 6.45) is -4.24. The molecule has 1 fully saturated rings. The first kappa shape index (κ1) is 23.7. The van der Waals surface area contributed by atoms with Crippen LogP contribution in [0.2, 0.25) is 0 Å². The van der Waals surface area contributed by atoms with Crippen molar-refractivity contribution in [2.24, 2.45) is 0 Å². The molecule has 13 heteroatoms. The van der Waals surface area contributed by atoms with Gasteiger partial charge in [0.2, 0.25) is 0 Å². The van der Waals surface area contributed by atoms with Gasteiger partial charge in [-0.2, -0.15) is 18.2 Å². The lowest BCUT2D eigenvalue weighted by Crippen LogP contribution is -2.38. The largest absolute Gasteiger partial charge is 0.418 e. The molecule has 0 spiro atoms. The number of halogens is 4. The zero-order valence-electron chi connectivity index (χ0n) is 18.4. The number of rotatable bonds is 4. The lowest BCUT2D eigenvalue weighted by atomic mass is 10.1. The molecule has 182 valence electrons. The van der Waals surface area contributed by atoms with E-state index in [2.05, 4.69) is 20.6 Å². The van der Waals surface area contributed by atoms with Gasteiger partial charge in [0.25, 0.3) is 5.89 Å². The molecule has 2 aromatic heterocycles. The Morgan fingerprint density at radius 3 is 2.62 bits per heavy atom. The second-order valence-electron chi connectivity index (χ2n) is 7.92. The van der Waals surface area contributed by atoms with Crippen molar-refractivity contribution in [2.75, 3.05) is 31.5 Å². The van der Waals surface area contributed by atoms with Gasteiger partial charge in [-0.15, -0.1) is 0 Å². The number of hydrogen-bond acceptors (Lipinski definition) is 7. The predicted octanol–water partition coefficient (Wildman–Crippen LogP) is 4.24. The molecular formula is C21H22F4N6O3. The van der Waals surface area contributed by atoms with Crippen LogP contribution in [0.5, 0.6) is 0 Å². The number of amides is 2. The van der Waals surface area contributed by atoms with Crippen LogP contribution in [0.15, 0.2) is 27.2 Å². The van der Waals surface area contributed by atoms with Gasteiger partial charge in [-0.1, -0.05) is 16.4 Å². The zero-order chi connectivity index (χ0) is 24.5. The average Bonchev–Trinajstić information content (AvgIpc) is 3.26. The molecule has 4 rings (SSSR count). The number of nitrogens with one attached hydrogen (secondary N) is 1. The van der Waals surface area contributed by atoms with Crippen LogP contribution in [0.1, 0.15) is 29.3 Å². The van der Waals surface area contributed by atoms with Gasteiger partial charge in [0, 0.05) is 26.2 Å². The van der Waals surface area contributed by atoms with E-state index in [1.807, 2.05) is 4.90 Å². The number of carbonyl (C=O) groups is 1. The van der Waals surface area contributed by atoms with Crippen LogP contribution in [-0.2, 0) is 12.7 Å². The summed E-state index contributed by atoms with van der Waals surface area (Å²) < 4.78 is 64.2. The zero-order valence-corrected chi connectivity index (χ0v) is 18.4. The van der Waals surface area contributed by atoms with Crippen molar-refractivity contribution in [3.05, 3.63) is 46.9 Å². The van der Waals surface area contributed by atoms with Gasteiger partial charge in [0.05, 0.1) is 23.5 Å². The lowest BCUT2D eigenvalue weighted by Gasteiger charge is -2.23. The minimum Gasteiger partial charge on any atom is -0.361 e. The number of hydrogen-bond donors (Lipinski definition) is 1. The minimum atomic E-state index is -4.80. The maximum atomic E-state index is 14.1. The number of aromatic nitrogens is 3. The molecule has 1 saturated heterocycles. The molecule has 0 saturated carbocycles. The van der Waals surface area contributed by atoms with Gasteiger partial charge >= 0.3 is 12.2 Å². The van der Waals surface area contributed by atoms with E-state index in [9.17, 15) is 22.4 Å². The summed E-state index contributed by atoms with van der Waals surface area (Å²) in [5, 5.41) is 9.96. The number of benzene rings is 1. The highest BCUT2D eigenvalue weighted by Gasteiger charge is 2.35. The standard InChI is InChI=1S/C21H22F4N6O3/c1-12-17(13(2)33-28-12)19-26-16(29-34-19)11-30-7-4-8-31(10-9-30)20(32)27-18-14(21(23,24)25)5-3-6-15(18)22/h3,5-6H,4,7-11H2,1-2H3,(H,27,32). The van der Waals surface area contributed by atoms with Crippen LogP contribution in [0.4, 0.5) is 28.0 Å². The molecule has 1 aromatic carbocycles. The van der Waals surface area contributed by atoms with Crippen LogP contribution in [0.25, 0.3) is 11.5 Å². The topological polar surface area (TPSA) is 101 Å². The highest BCUT2D eigenvalue weighted by Crippen LogP contribution is 2.36. The van der Waals surface area contributed by atoms with E-state index in [-0.39, 0.29) is 6.54 Å². The number of para-hydroxylation sites is 1. The Bertz CT molecular complexity index is 1160. The fraction of sp³-hybridized carbons (Fsp3) is 0.429. The monoisotopic (exact) mass is 482 g/mol. The normalized spacial score (nSPS) is 15.4. The maximum Gasteiger partial charge on any atom is 0.418 e. The molecule has 1 aliphatic rings. The molecule has 3 heterocycles. The van der Waals surface area contributed by atoms with E-state index in [0.29, 0.717) is 61.3 Å². The van der Waals surface area contributed by atoms with Crippen LogP contribution < -0.4 is 5.32 Å². The summed E-state index contributed by atoms with van der Waals surface area (Å²) in [6.45, 7) is 5.42. The maximum absolute atomic E-state index is 14.1. The van der Waals surface area contributed by atoms with Crippen LogP contribution >= 0.6 is 0 Å². The Labute approximate surface area is 191 Å². The minimum absolute atomic E-state index is 0.232. The second-order valence-corrected chi connectivity index (χ2v) is 7.92. The summed E-state index contributed by atoms with van der Waals surface area (Å²) in [6, 6.07) is 1.76. The number of carbonyl (C=O) groups excluding carboxylic acids is 1. The van der Waals surface area contributed by atoms with Crippen molar-refractivity contribution in [3.63, 3.8) is 0 Å². The summed E-state index contributed by atoms with van der Waals surface area (Å²) >= 11 is 0. The Hall–Kier alpha value is -3.48. The summed E-state index contributed by atoms with van der Waals surface area (Å²) in [7, 11) is 0. The molecule has 3 aromatic rings. The second kappa shape index (κ2) is 9.41. The van der Waals surface area contributed by atoms with E-state index in [1.165, 1.54) is 4.90 Å². The summed E-state index contributed by atoms with van der Waals surface area (Å²) in [5.74, 6) is 0.153. The van der Waals surface area contributed by atoms with Crippen molar-refractivity contribution in [3.8, 4) is 11.5 Å². The van der Waals surface area contributed by atoms with Gasteiger partial charge in [0.1, 0.15) is 17.1 Å². The Morgan fingerprint density at radius 1 is 1.12 bits per heavy atom. The molecule has 0 unspecified atom stereocenters. The molecule has 34 heavy (non-hydrogen) atoms. The highest BCUT2D eigenvalue weighted by atomic mass is 19.4. The summed E-state index contributed by atoms with van der Waals surface area (Å²) in [5.41, 5.74) is -0.834. The molecule has 0 bridgehead atoms. The van der Waals surface area contributed by atoms with Crippen molar-refractivity contribution >= 4 is 11.7 Å². The Kier molecular flexibility index (Phi) is 6.55. The van der Waals surface area contributed by atoms with Gasteiger partial charge < -0.3 is 19.3 Å². The van der Waals surface area contributed by atoms with E-state index >= 15 is 0 Å². The third-order valence-corrected chi connectivity index (χ3v) is 5.51. The molecule has 2 amide bonds. The quantitative estimate of drug-likeness (QED) is 0.555. The fourth-order valence-electron chi connectivity index (χ4n) is 3.81. The Balaban J connectivity index is 1.38. The number of alkyl halides is 3. The van der Waals surface area contributed by atoms with Crippen LogP contribution in [0.3, 0.4) is 0 Å². The fourth-order valence-corrected chi connectivity index (χ4v) is 3.81. The number of anilines is 1. The number of aryl methyl sites for hydroxylation is 2. The Morgan fingerprint density at radius 2 is 1.91 bits per heavy atom. The third-order valence-electron chi connectivity index (χ3n) is 5.51. The first-order valence-corrected chi connectivity index (χ1v) is 10.5. The van der Waals surface area contributed by atoms with E-state index in [4.69, 9.17) is 9.05 Å². The van der Waals surface area contributed by atoms with E-state index in [1.54, 1.807) is 13.8 Å². The van der Waals surface area contributed by atoms with E-state index in [0.717, 1.165) is 18.2 Å². The van der Waals surface area contributed by atoms with Crippen molar-refractivity contribution < 1.29 is 31.4 Å². The van der Waals surface area contributed by atoms with E-state index < -0.39 is 29.3 Å². The first-order chi connectivity index (χ1) is 16.1. The van der Waals surface area contributed by atoms with Gasteiger partial charge in [-0.05, 0) is 32.4 Å². The molecule has 0 radical (unpaired) electrons. The molecule has 0 atom stereocenters. The van der Waals surface area contributed by atoms with Crippen molar-refractivity contribution in [1.82, 2.24) is 25.1 Å². The molecule has 1 N–H and O–H groups in total. The van der Waals surface area contributed by atoms with Gasteiger partial charge in [0.15, 0.2) is 5.82 Å². The molecular weight excluding hydrogens is 460 g/mol. The first-order valence-electron chi connectivity index (χ1n) is 10.5. The van der Waals surface area contributed by atoms with Crippen molar-refractivity contribution in [2.45, 2.75) is 33.0 Å². The average molecular weight is 482 g/mol. The van der Waals surface area contributed by atoms with Crippen LogP contribution in [0, 0.1) is 19.7 Å². The lowest BCUT2D eigenvalue weighted by molar-refractivity contribution is -0.137. The SMILES string of the molecule is Cc1noc(C)c1-c1nc(CN2CCCN(C(=O)Nc3c(F)cccc3C(F)(F)F)CC2)no1. The number of urea groups is 1. The van der Waals surface area contributed by atoms with Gasteiger partial charge in [-0.3, -0.25) is 4.90 Å². The summed E-state index contributed by atoms with van der Waals surface area (Å²) in [4.78, 5) is 20.4. The van der Waals surface area contributed by atoms with Crippen molar-refractivity contribution in [1.29, 1.82) is 0 Å². The highest BCUT2D eigenvalue weighted by molar-refractivity contribution is 5.90. The predicted molar refractivity (Wildman–Crippen MR) is 111 cm³/mol.